The lowest BCUT2D eigenvalue weighted by atomic mass is 9.87. The first-order chi connectivity index (χ1) is 11.4. The van der Waals surface area contributed by atoms with Crippen LogP contribution in [0.3, 0.4) is 0 Å². The molecule has 1 amide bonds. The third kappa shape index (κ3) is 3.59. The molecule has 3 unspecified atom stereocenters. The molecule has 4 heteroatoms. The van der Waals surface area contributed by atoms with Crippen LogP contribution in [0.15, 0.2) is 24.3 Å². The van der Waals surface area contributed by atoms with Crippen LogP contribution >= 0.6 is 0 Å². The van der Waals surface area contributed by atoms with Gasteiger partial charge in [-0.25, -0.2) is 0 Å². The summed E-state index contributed by atoms with van der Waals surface area (Å²) < 4.78 is 5.95. The average Bonchev–Trinajstić information content (AvgIpc) is 2.79. The van der Waals surface area contributed by atoms with E-state index in [2.05, 4.69) is 43.1 Å². The predicted molar refractivity (Wildman–Crippen MR) is 96.4 cm³/mol. The zero-order valence-electron chi connectivity index (χ0n) is 15.3. The van der Waals surface area contributed by atoms with Gasteiger partial charge in [0.05, 0.1) is 0 Å². The van der Waals surface area contributed by atoms with E-state index < -0.39 is 6.10 Å². The average molecular weight is 330 g/mol. The fraction of sp³-hybridized carbons (Fsp3) is 0.650. The first-order valence-corrected chi connectivity index (χ1v) is 9.16. The number of benzene rings is 1. The summed E-state index contributed by atoms with van der Waals surface area (Å²) in [5.74, 6) is 0.898. The van der Waals surface area contributed by atoms with Crippen molar-refractivity contribution in [1.82, 2.24) is 10.2 Å². The molecule has 2 bridgehead atoms. The van der Waals surface area contributed by atoms with Gasteiger partial charge in [-0.2, -0.15) is 0 Å². The van der Waals surface area contributed by atoms with Crippen LogP contribution in [0.1, 0.15) is 52.5 Å². The Bertz CT molecular complexity index is 562. The first kappa shape index (κ1) is 17.3. The van der Waals surface area contributed by atoms with Crippen molar-refractivity contribution < 1.29 is 9.53 Å². The van der Waals surface area contributed by atoms with E-state index in [9.17, 15) is 4.79 Å². The molecule has 1 aromatic carbocycles. The van der Waals surface area contributed by atoms with E-state index in [1.165, 1.54) is 5.56 Å². The van der Waals surface area contributed by atoms with Gasteiger partial charge in [0.1, 0.15) is 5.75 Å². The molecule has 1 N–H and O–H groups in total. The van der Waals surface area contributed by atoms with Crippen molar-refractivity contribution >= 4 is 5.91 Å². The van der Waals surface area contributed by atoms with Gasteiger partial charge >= 0.3 is 0 Å². The van der Waals surface area contributed by atoms with Crippen LogP contribution in [0.2, 0.25) is 0 Å². The largest absolute Gasteiger partial charge is 0.481 e. The molecule has 2 aliphatic heterocycles. The second-order valence-corrected chi connectivity index (χ2v) is 8.16. The summed E-state index contributed by atoms with van der Waals surface area (Å²) in [6.45, 7) is 10.4. The van der Waals surface area contributed by atoms with Crippen LogP contribution in [0.25, 0.3) is 0 Å². The number of nitrogens with zero attached hydrogens (tertiary/aromatic N) is 1. The molecule has 132 valence electrons. The zero-order chi connectivity index (χ0) is 17.3. The molecule has 1 aromatic rings. The number of carbonyl (C=O) groups is 1. The van der Waals surface area contributed by atoms with Crippen LogP contribution in [0.4, 0.5) is 0 Å². The maximum Gasteiger partial charge on any atom is 0.263 e. The molecule has 3 atom stereocenters. The van der Waals surface area contributed by atoms with Gasteiger partial charge < -0.3 is 15.0 Å². The third-order valence-electron chi connectivity index (χ3n) is 5.29. The second kappa shape index (κ2) is 6.75. The Labute approximate surface area is 145 Å². The molecule has 3 rings (SSSR count). The Balaban J connectivity index is 1.66. The van der Waals surface area contributed by atoms with Crippen molar-refractivity contribution in [3.63, 3.8) is 0 Å². The summed E-state index contributed by atoms with van der Waals surface area (Å²) >= 11 is 0. The van der Waals surface area contributed by atoms with E-state index in [0.717, 1.165) is 38.1 Å². The molecule has 0 aromatic heterocycles. The van der Waals surface area contributed by atoms with E-state index in [4.69, 9.17) is 4.74 Å². The highest BCUT2D eigenvalue weighted by Gasteiger charge is 2.40. The van der Waals surface area contributed by atoms with Crippen molar-refractivity contribution in [3.8, 4) is 5.75 Å². The van der Waals surface area contributed by atoms with Crippen molar-refractivity contribution in [3.05, 3.63) is 29.8 Å². The fourth-order valence-electron chi connectivity index (χ4n) is 3.84. The van der Waals surface area contributed by atoms with Gasteiger partial charge in [-0.15, -0.1) is 0 Å². The number of carbonyl (C=O) groups excluding carboxylic acids is 1. The molecule has 2 aliphatic rings. The minimum Gasteiger partial charge on any atom is -0.481 e. The third-order valence-corrected chi connectivity index (χ3v) is 5.29. The number of fused-ring (bicyclic) bond motifs is 2. The van der Waals surface area contributed by atoms with Gasteiger partial charge in [-0.05, 0) is 55.8 Å². The van der Waals surface area contributed by atoms with Gasteiger partial charge in [0.25, 0.3) is 5.91 Å². The lowest BCUT2D eigenvalue weighted by Gasteiger charge is -2.30. The minimum atomic E-state index is -0.438. The lowest BCUT2D eigenvalue weighted by molar-refractivity contribution is -0.140. The zero-order valence-corrected chi connectivity index (χ0v) is 15.3. The SMILES string of the molecule is CC(Oc1ccc(C(C)(C)C)cc1)C(=O)N1C2CCNCC1CC2. The molecular weight excluding hydrogens is 300 g/mol. The topological polar surface area (TPSA) is 41.6 Å². The van der Waals surface area contributed by atoms with Gasteiger partial charge in [0.2, 0.25) is 0 Å². The van der Waals surface area contributed by atoms with Crippen molar-refractivity contribution in [1.29, 1.82) is 0 Å². The molecule has 24 heavy (non-hydrogen) atoms. The van der Waals surface area contributed by atoms with Crippen LogP contribution < -0.4 is 10.1 Å². The van der Waals surface area contributed by atoms with Gasteiger partial charge in [-0.1, -0.05) is 32.9 Å². The number of hydrogen-bond donors (Lipinski definition) is 1. The van der Waals surface area contributed by atoms with Crippen molar-refractivity contribution in [2.45, 2.75) is 70.6 Å². The summed E-state index contributed by atoms with van der Waals surface area (Å²) in [4.78, 5) is 15.0. The molecule has 2 saturated heterocycles. The number of ether oxygens (including phenoxy) is 1. The second-order valence-electron chi connectivity index (χ2n) is 8.16. The summed E-state index contributed by atoms with van der Waals surface area (Å²) in [6, 6.07) is 8.84. The summed E-state index contributed by atoms with van der Waals surface area (Å²) in [5, 5.41) is 3.44. The van der Waals surface area contributed by atoms with Crippen LogP contribution in [-0.4, -0.2) is 42.1 Å². The molecule has 0 radical (unpaired) electrons. The highest BCUT2D eigenvalue weighted by Crippen LogP contribution is 2.29. The molecule has 0 aliphatic carbocycles. The normalized spacial score (nSPS) is 25.2. The predicted octanol–water partition coefficient (Wildman–Crippen LogP) is 3.10. The standard InChI is InChI=1S/C20H30N2O2/c1-14(24-18-9-5-15(6-10-18)20(2,3)4)19(23)22-16-7-8-17(22)13-21-12-11-16/h5-6,9-10,14,16-17,21H,7-8,11-13H2,1-4H3. The van der Waals surface area contributed by atoms with E-state index in [0.29, 0.717) is 12.1 Å². The maximum atomic E-state index is 12.9. The number of hydrogen-bond acceptors (Lipinski definition) is 3. The molecular formula is C20H30N2O2. The van der Waals surface area contributed by atoms with E-state index >= 15 is 0 Å². The van der Waals surface area contributed by atoms with E-state index in [-0.39, 0.29) is 11.3 Å². The number of rotatable bonds is 3. The fourth-order valence-corrected chi connectivity index (χ4v) is 3.84. The van der Waals surface area contributed by atoms with Crippen LogP contribution in [-0.2, 0) is 10.2 Å². The van der Waals surface area contributed by atoms with E-state index in [1.807, 2.05) is 19.1 Å². The Kier molecular flexibility index (Phi) is 4.86. The van der Waals surface area contributed by atoms with Crippen LogP contribution in [0.5, 0.6) is 5.75 Å². The molecule has 0 saturated carbocycles. The van der Waals surface area contributed by atoms with Gasteiger partial charge in [0, 0.05) is 18.6 Å². The Morgan fingerprint density at radius 2 is 1.83 bits per heavy atom. The smallest absolute Gasteiger partial charge is 0.263 e. The monoisotopic (exact) mass is 330 g/mol. The Morgan fingerprint density at radius 3 is 2.50 bits per heavy atom. The van der Waals surface area contributed by atoms with Crippen LogP contribution in [0, 0.1) is 0 Å². The van der Waals surface area contributed by atoms with Gasteiger partial charge in [0.15, 0.2) is 6.10 Å². The maximum absolute atomic E-state index is 12.9. The summed E-state index contributed by atoms with van der Waals surface area (Å²) in [6.07, 6.45) is 2.85. The Morgan fingerprint density at radius 1 is 1.17 bits per heavy atom. The highest BCUT2D eigenvalue weighted by atomic mass is 16.5. The minimum absolute atomic E-state index is 0.123. The Hall–Kier alpha value is -1.55. The van der Waals surface area contributed by atoms with Gasteiger partial charge in [-0.3, -0.25) is 4.79 Å². The molecule has 0 spiro atoms. The molecule has 4 nitrogen and oxygen atoms in total. The number of nitrogens with one attached hydrogen (secondary N) is 1. The van der Waals surface area contributed by atoms with Crippen molar-refractivity contribution in [2.24, 2.45) is 0 Å². The first-order valence-electron chi connectivity index (χ1n) is 9.16. The lowest BCUT2D eigenvalue weighted by Crippen LogP contribution is -2.48. The number of amides is 1. The molecule has 2 heterocycles. The quantitative estimate of drug-likeness (QED) is 0.926. The molecule has 2 fully saturated rings. The summed E-state index contributed by atoms with van der Waals surface area (Å²) in [5.41, 5.74) is 1.39. The van der Waals surface area contributed by atoms with Crippen molar-refractivity contribution in [2.75, 3.05) is 13.1 Å². The summed E-state index contributed by atoms with van der Waals surface area (Å²) in [7, 11) is 0. The van der Waals surface area contributed by atoms with E-state index in [1.54, 1.807) is 0 Å². The highest BCUT2D eigenvalue weighted by molar-refractivity contribution is 5.82.